The van der Waals surface area contributed by atoms with Crippen LogP contribution in [0.4, 0.5) is 10.3 Å². The van der Waals surface area contributed by atoms with Crippen LogP contribution in [0.1, 0.15) is 45.1 Å². The molecular formula is C23H31N5O4S. The highest BCUT2D eigenvalue weighted by Crippen LogP contribution is 2.34. The van der Waals surface area contributed by atoms with E-state index in [0.29, 0.717) is 49.4 Å². The van der Waals surface area contributed by atoms with Crippen LogP contribution in [0.3, 0.4) is 0 Å². The molecule has 4 rings (SSSR count). The van der Waals surface area contributed by atoms with Crippen molar-refractivity contribution in [3.05, 3.63) is 23.8 Å². The number of aromatic nitrogens is 2. The molecule has 3 heterocycles. The lowest BCUT2D eigenvalue weighted by Gasteiger charge is -2.22. The van der Waals surface area contributed by atoms with Crippen LogP contribution in [0.2, 0.25) is 0 Å². The Balaban J connectivity index is 1.33. The van der Waals surface area contributed by atoms with Gasteiger partial charge in [-0.1, -0.05) is 17.4 Å². The fraction of sp³-hybridized carbons (Fsp3) is 0.565. The lowest BCUT2D eigenvalue weighted by atomic mass is 10.1. The second-order valence-corrected chi connectivity index (χ2v) is 8.99. The Morgan fingerprint density at radius 3 is 2.67 bits per heavy atom. The van der Waals surface area contributed by atoms with Crippen molar-refractivity contribution in [1.29, 1.82) is 0 Å². The third kappa shape index (κ3) is 5.38. The number of amides is 2. The summed E-state index contributed by atoms with van der Waals surface area (Å²) < 4.78 is 11.3. The molecule has 33 heavy (non-hydrogen) atoms. The fourth-order valence-electron chi connectivity index (χ4n) is 4.25. The van der Waals surface area contributed by atoms with E-state index in [0.717, 1.165) is 42.9 Å². The van der Waals surface area contributed by atoms with Crippen LogP contribution in [0.5, 0.6) is 11.5 Å². The van der Waals surface area contributed by atoms with Gasteiger partial charge >= 0.3 is 0 Å². The molecule has 1 aromatic heterocycles. The van der Waals surface area contributed by atoms with E-state index in [4.69, 9.17) is 9.47 Å². The van der Waals surface area contributed by atoms with Gasteiger partial charge in [0.25, 0.3) is 0 Å². The Hall–Kier alpha value is -2.88. The minimum Gasteiger partial charge on any atom is -0.490 e. The van der Waals surface area contributed by atoms with Gasteiger partial charge in [-0.3, -0.25) is 14.5 Å². The zero-order valence-corrected chi connectivity index (χ0v) is 20.0. The number of hydrogen-bond acceptors (Lipinski definition) is 8. The van der Waals surface area contributed by atoms with E-state index < -0.39 is 0 Å². The van der Waals surface area contributed by atoms with Gasteiger partial charge < -0.3 is 19.7 Å². The van der Waals surface area contributed by atoms with Crippen LogP contribution in [0.15, 0.2) is 18.2 Å². The molecule has 0 saturated carbocycles. The van der Waals surface area contributed by atoms with E-state index in [2.05, 4.69) is 15.5 Å². The fourth-order valence-corrected chi connectivity index (χ4v) is 5.22. The van der Waals surface area contributed by atoms with Crippen molar-refractivity contribution in [2.24, 2.45) is 0 Å². The summed E-state index contributed by atoms with van der Waals surface area (Å²) in [5.41, 5.74) is 1.08. The second kappa shape index (κ2) is 10.8. The number of nitrogens with zero attached hydrogens (tertiary/aromatic N) is 4. The predicted molar refractivity (Wildman–Crippen MR) is 127 cm³/mol. The van der Waals surface area contributed by atoms with Crippen molar-refractivity contribution < 1.29 is 19.1 Å². The first kappa shape index (κ1) is 23.3. The molecule has 178 valence electrons. The van der Waals surface area contributed by atoms with Crippen molar-refractivity contribution in [2.45, 2.75) is 52.0 Å². The third-order valence-corrected chi connectivity index (χ3v) is 6.81. The van der Waals surface area contributed by atoms with Crippen LogP contribution in [0, 0.1) is 0 Å². The Morgan fingerprint density at radius 2 is 1.91 bits per heavy atom. The van der Waals surface area contributed by atoms with E-state index in [1.807, 2.05) is 36.9 Å². The molecule has 2 aliphatic rings. The normalized spacial score (nSPS) is 18.1. The van der Waals surface area contributed by atoms with Crippen LogP contribution in [-0.2, 0) is 16.0 Å². The van der Waals surface area contributed by atoms with Crippen LogP contribution in [0.25, 0.3) is 0 Å². The minimum atomic E-state index is -0.264. The maximum Gasteiger partial charge on any atom is 0.242 e. The number of ether oxygens (including phenoxy) is 2. The average molecular weight is 474 g/mol. The quantitative estimate of drug-likeness (QED) is 0.567. The summed E-state index contributed by atoms with van der Waals surface area (Å²) in [6, 6.07) is 5.64. The molecule has 0 bridgehead atoms. The van der Waals surface area contributed by atoms with E-state index in [1.165, 1.54) is 11.3 Å². The van der Waals surface area contributed by atoms with Crippen molar-refractivity contribution in [1.82, 2.24) is 15.5 Å². The topological polar surface area (TPSA) is 96.9 Å². The summed E-state index contributed by atoms with van der Waals surface area (Å²) in [4.78, 5) is 28.6. The number of carbonyl (C=O) groups excluding carboxylic acids is 2. The summed E-state index contributed by atoms with van der Waals surface area (Å²) in [6.45, 7) is 7.02. The van der Waals surface area contributed by atoms with Gasteiger partial charge in [-0.2, -0.15) is 0 Å². The second-order valence-electron chi connectivity index (χ2n) is 8.06. The Kier molecular flexibility index (Phi) is 7.64. The molecule has 1 N–H and O–H groups in total. The largest absolute Gasteiger partial charge is 0.490 e. The Bertz CT molecular complexity index is 982. The molecular weight excluding hydrogens is 442 g/mol. The Labute approximate surface area is 198 Å². The lowest BCUT2D eigenvalue weighted by molar-refractivity contribution is -0.122. The monoisotopic (exact) mass is 473 g/mol. The molecule has 0 radical (unpaired) electrons. The maximum atomic E-state index is 12.9. The molecule has 2 fully saturated rings. The van der Waals surface area contributed by atoms with Gasteiger partial charge in [-0.15, -0.1) is 10.2 Å². The molecule has 1 atom stereocenters. The zero-order valence-electron chi connectivity index (χ0n) is 19.2. The zero-order chi connectivity index (χ0) is 23.2. The molecule has 10 heteroatoms. The number of carbonyl (C=O) groups is 2. The first-order chi connectivity index (χ1) is 16.1. The van der Waals surface area contributed by atoms with Gasteiger partial charge in [-0.25, -0.2) is 0 Å². The first-order valence-electron chi connectivity index (χ1n) is 11.7. The van der Waals surface area contributed by atoms with Crippen molar-refractivity contribution in [3.63, 3.8) is 0 Å². The van der Waals surface area contributed by atoms with Gasteiger partial charge in [-0.05, 0) is 57.2 Å². The van der Waals surface area contributed by atoms with E-state index >= 15 is 0 Å². The van der Waals surface area contributed by atoms with Crippen molar-refractivity contribution >= 4 is 33.4 Å². The summed E-state index contributed by atoms with van der Waals surface area (Å²) >= 11 is 1.39. The van der Waals surface area contributed by atoms with Gasteiger partial charge in [0.1, 0.15) is 6.04 Å². The standard InChI is InChI=1S/C23H31N5O4S/c1-3-31-18-10-9-16(15-19(18)32-4-2)11-12-24-21(30)17-7-5-13-27(17)22-25-26-23(33-22)28-14-6-8-20(28)29/h9-10,15,17H,3-8,11-14H2,1-2H3,(H,24,30)/t17-/m1/s1. The summed E-state index contributed by atoms with van der Waals surface area (Å²) in [7, 11) is 0. The summed E-state index contributed by atoms with van der Waals surface area (Å²) in [5.74, 6) is 1.56. The highest BCUT2D eigenvalue weighted by atomic mass is 32.1. The number of benzene rings is 1. The number of anilines is 2. The highest BCUT2D eigenvalue weighted by Gasteiger charge is 2.34. The predicted octanol–water partition coefficient (Wildman–Crippen LogP) is 2.79. The first-order valence-corrected chi connectivity index (χ1v) is 12.5. The number of nitrogens with one attached hydrogen (secondary N) is 1. The number of rotatable bonds is 10. The average Bonchev–Trinajstić information content (AvgIpc) is 3.55. The molecule has 2 aliphatic heterocycles. The van der Waals surface area contributed by atoms with Crippen LogP contribution < -0.4 is 24.6 Å². The van der Waals surface area contributed by atoms with E-state index in [-0.39, 0.29) is 17.9 Å². The Morgan fingerprint density at radius 1 is 1.12 bits per heavy atom. The minimum absolute atomic E-state index is 0.00235. The maximum absolute atomic E-state index is 12.9. The molecule has 9 nitrogen and oxygen atoms in total. The molecule has 1 aromatic carbocycles. The third-order valence-electron chi connectivity index (χ3n) is 5.83. The van der Waals surface area contributed by atoms with Crippen LogP contribution >= 0.6 is 11.3 Å². The summed E-state index contributed by atoms with van der Waals surface area (Å²) in [6.07, 6.45) is 3.81. The lowest BCUT2D eigenvalue weighted by Crippen LogP contribution is -2.44. The smallest absolute Gasteiger partial charge is 0.242 e. The molecule has 0 aliphatic carbocycles. The SMILES string of the molecule is CCOc1ccc(CCNC(=O)[C@H]2CCCN2c2nnc(N3CCCC3=O)s2)cc1OCC. The van der Waals surface area contributed by atoms with E-state index in [9.17, 15) is 9.59 Å². The van der Waals surface area contributed by atoms with Gasteiger partial charge in [0.05, 0.1) is 13.2 Å². The van der Waals surface area contributed by atoms with Gasteiger partial charge in [0.15, 0.2) is 11.5 Å². The molecule has 2 saturated heterocycles. The molecule has 0 unspecified atom stereocenters. The van der Waals surface area contributed by atoms with Crippen molar-refractivity contribution in [3.8, 4) is 11.5 Å². The van der Waals surface area contributed by atoms with Gasteiger partial charge in [0.2, 0.25) is 22.1 Å². The summed E-state index contributed by atoms with van der Waals surface area (Å²) in [5, 5.41) is 12.9. The molecule has 2 amide bonds. The molecule has 2 aromatic rings. The van der Waals surface area contributed by atoms with Crippen molar-refractivity contribution in [2.75, 3.05) is 42.6 Å². The van der Waals surface area contributed by atoms with Crippen LogP contribution in [-0.4, -0.2) is 60.9 Å². The molecule has 0 spiro atoms. The van der Waals surface area contributed by atoms with E-state index in [1.54, 1.807) is 4.90 Å². The number of hydrogen-bond donors (Lipinski definition) is 1. The highest BCUT2D eigenvalue weighted by molar-refractivity contribution is 7.19. The van der Waals surface area contributed by atoms with Gasteiger partial charge in [0, 0.05) is 26.1 Å².